The molecule has 1 aliphatic heterocycles. The highest BCUT2D eigenvalue weighted by Crippen LogP contribution is 2.25. The van der Waals surface area contributed by atoms with Gasteiger partial charge in [0, 0.05) is 18.1 Å². The van der Waals surface area contributed by atoms with Crippen LogP contribution in [0.15, 0.2) is 35.2 Å². The van der Waals surface area contributed by atoms with Crippen molar-refractivity contribution in [3.05, 3.63) is 40.9 Å². The fraction of sp³-hybridized carbons (Fsp3) is 0.308. The van der Waals surface area contributed by atoms with E-state index in [2.05, 4.69) is 0 Å². The molecule has 0 amide bonds. The van der Waals surface area contributed by atoms with Crippen LogP contribution in [0.4, 0.5) is 0 Å². The molecule has 1 aromatic carbocycles. The number of rotatable bonds is 3. The molecule has 0 aliphatic carbocycles. The molecular formula is C13H14ClNO4S. The molecule has 0 bridgehead atoms. The standard InChI is InChI=1S/C13H14ClNO4S/c1-9-4-5-11(14)7-12(9)20(18,19)15-6-2-3-10(8-15)13(16)17/h2-5,7,10H,6,8H2,1H3,(H,16,17). The molecule has 0 saturated heterocycles. The molecule has 0 aromatic heterocycles. The Kier molecular flexibility index (Phi) is 4.17. The van der Waals surface area contributed by atoms with Gasteiger partial charge in [-0.2, -0.15) is 4.31 Å². The third-order valence-electron chi connectivity index (χ3n) is 3.16. The molecule has 1 atom stereocenters. The van der Waals surface area contributed by atoms with E-state index in [0.717, 1.165) is 4.31 Å². The van der Waals surface area contributed by atoms with Crippen molar-refractivity contribution in [3.8, 4) is 0 Å². The van der Waals surface area contributed by atoms with Crippen molar-refractivity contribution in [1.29, 1.82) is 0 Å². The van der Waals surface area contributed by atoms with Gasteiger partial charge in [-0.05, 0) is 24.6 Å². The van der Waals surface area contributed by atoms with Crippen molar-refractivity contribution >= 4 is 27.6 Å². The van der Waals surface area contributed by atoms with Gasteiger partial charge in [0.2, 0.25) is 10.0 Å². The molecule has 1 heterocycles. The van der Waals surface area contributed by atoms with Crippen LogP contribution in [0.25, 0.3) is 0 Å². The number of aryl methyl sites for hydroxylation is 1. The van der Waals surface area contributed by atoms with Gasteiger partial charge in [0.1, 0.15) is 0 Å². The fourth-order valence-corrected chi connectivity index (χ4v) is 3.95. The smallest absolute Gasteiger partial charge is 0.311 e. The minimum absolute atomic E-state index is 0.0693. The summed E-state index contributed by atoms with van der Waals surface area (Å²) in [6.07, 6.45) is 3.07. The highest BCUT2D eigenvalue weighted by atomic mass is 35.5. The van der Waals surface area contributed by atoms with Gasteiger partial charge >= 0.3 is 5.97 Å². The maximum absolute atomic E-state index is 12.6. The summed E-state index contributed by atoms with van der Waals surface area (Å²) >= 11 is 5.85. The van der Waals surface area contributed by atoms with Gasteiger partial charge < -0.3 is 5.11 Å². The molecule has 0 spiro atoms. The summed E-state index contributed by atoms with van der Waals surface area (Å²) < 4.78 is 26.3. The van der Waals surface area contributed by atoms with E-state index < -0.39 is 21.9 Å². The lowest BCUT2D eigenvalue weighted by molar-refractivity contribution is -0.140. The van der Waals surface area contributed by atoms with Crippen LogP contribution >= 0.6 is 11.6 Å². The quantitative estimate of drug-likeness (QED) is 0.865. The van der Waals surface area contributed by atoms with Gasteiger partial charge in [-0.25, -0.2) is 8.42 Å². The van der Waals surface area contributed by atoms with Gasteiger partial charge in [-0.15, -0.1) is 0 Å². The van der Waals surface area contributed by atoms with Crippen LogP contribution in [0.3, 0.4) is 0 Å². The predicted molar refractivity (Wildman–Crippen MR) is 75.2 cm³/mol. The Hall–Kier alpha value is -1.37. The topological polar surface area (TPSA) is 74.7 Å². The first-order valence-electron chi connectivity index (χ1n) is 5.98. The highest BCUT2D eigenvalue weighted by molar-refractivity contribution is 7.89. The summed E-state index contributed by atoms with van der Waals surface area (Å²) in [6.45, 7) is 1.77. The third kappa shape index (κ3) is 2.87. The summed E-state index contributed by atoms with van der Waals surface area (Å²) in [5, 5.41) is 9.33. The van der Waals surface area contributed by atoms with E-state index in [0.29, 0.717) is 10.6 Å². The lowest BCUT2D eigenvalue weighted by Crippen LogP contribution is -2.40. The van der Waals surface area contributed by atoms with E-state index in [9.17, 15) is 13.2 Å². The second-order valence-corrected chi connectivity index (χ2v) is 6.95. The van der Waals surface area contributed by atoms with E-state index in [1.807, 2.05) is 0 Å². The van der Waals surface area contributed by atoms with E-state index in [1.165, 1.54) is 12.1 Å². The highest BCUT2D eigenvalue weighted by Gasteiger charge is 2.31. The number of carboxylic acids is 1. The van der Waals surface area contributed by atoms with Crippen molar-refractivity contribution in [2.24, 2.45) is 5.92 Å². The number of halogens is 1. The Morgan fingerprint density at radius 2 is 2.15 bits per heavy atom. The Morgan fingerprint density at radius 3 is 2.80 bits per heavy atom. The van der Waals surface area contributed by atoms with Crippen molar-refractivity contribution in [3.63, 3.8) is 0 Å². The zero-order valence-corrected chi connectivity index (χ0v) is 12.4. The maximum Gasteiger partial charge on any atom is 0.311 e. The average Bonchev–Trinajstić information content (AvgIpc) is 2.41. The first kappa shape index (κ1) is 15.0. The first-order chi connectivity index (χ1) is 9.32. The zero-order valence-electron chi connectivity index (χ0n) is 10.8. The molecule has 1 aliphatic rings. The minimum Gasteiger partial charge on any atom is -0.481 e. The molecule has 1 N–H and O–H groups in total. The van der Waals surface area contributed by atoms with Gasteiger partial charge in [0.05, 0.1) is 10.8 Å². The predicted octanol–water partition coefficient (Wildman–Crippen LogP) is 1.91. The number of hydrogen-bond donors (Lipinski definition) is 1. The average molecular weight is 316 g/mol. The number of benzene rings is 1. The van der Waals surface area contributed by atoms with Crippen molar-refractivity contribution in [2.75, 3.05) is 13.1 Å². The largest absolute Gasteiger partial charge is 0.481 e. The molecule has 20 heavy (non-hydrogen) atoms. The molecule has 0 radical (unpaired) electrons. The molecule has 7 heteroatoms. The van der Waals surface area contributed by atoms with Crippen LogP contribution in [0.5, 0.6) is 0 Å². The summed E-state index contributed by atoms with van der Waals surface area (Å²) in [6, 6.07) is 4.63. The molecule has 1 unspecified atom stereocenters. The first-order valence-corrected chi connectivity index (χ1v) is 7.80. The Bertz CT molecular complexity index is 669. The lowest BCUT2D eigenvalue weighted by Gasteiger charge is -2.26. The number of sulfonamides is 1. The fourth-order valence-electron chi connectivity index (χ4n) is 2.05. The van der Waals surface area contributed by atoms with Crippen LogP contribution in [-0.2, 0) is 14.8 Å². The summed E-state index contributed by atoms with van der Waals surface area (Å²) in [7, 11) is -3.75. The molecule has 5 nitrogen and oxygen atoms in total. The van der Waals surface area contributed by atoms with Crippen molar-refractivity contribution < 1.29 is 18.3 Å². The van der Waals surface area contributed by atoms with E-state index in [1.54, 1.807) is 25.1 Å². The van der Waals surface area contributed by atoms with Gasteiger partial charge in [-0.3, -0.25) is 4.79 Å². The number of nitrogens with zero attached hydrogens (tertiary/aromatic N) is 1. The van der Waals surface area contributed by atoms with E-state index in [-0.39, 0.29) is 18.0 Å². The molecule has 2 rings (SSSR count). The van der Waals surface area contributed by atoms with Gasteiger partial charge in [0.15, 0.2) is 0 Å². The maximum atomic E-state index is 12.6. The van der Waals surface area contributed by atoms with Gasteiger partial charge in [0.25, 0.3) is 0 Å². The molecule has 108 valence electrons. The lowest BCUT2D eigenvalue weighted by atomic mass is 10.1. The Morgan fingerprint density at radius 1 is 1.45 bits per heavy atom. The molecular weight excluding hydrogens is 302 g/mol. The SMILES string of the molecule is Cc1ccc(Cl)cc1S(=O)(=O)N1CC=CC(C(=O)O)C1. The second kappa shape index (κ2) is 5.55. The summed E-state index contributed by atoms with van der Waals surface area (Å²) in [5.74, 6) is -1.86. The normalized spacial score (nSPS) is 20.0. The summed E-state index contributed by atoms with van der Waals surface area (Å²) in [4.78, 5) is 11.1. The van der Waals surface area contributed by atoms with Crippen LogP contribution in [-0.4, -0.2) is 36.9 Å². The Labute approximate surface area is 122 Å². The van der Waals surface area contributed by atoms with Crippen LogP contribution in [0.2, 0.25) is 5.02 Å². The van der Waals surface area contributed by atoms with E-state index in [4.69, 9.17) is 16.7 Å². The molecule has 0 fully saturated rings. The molecule has 0 saturated carbocycles. The number of carboxylic acid groups (broad SMARTS) is 1. The number of hydrogen-bond acceptors (Lipinski definition) is 3. The molecule has 1 aromatic rings. The van der Waals surface area contributed by atoms with Crippen LogP contribution < -0.4 is 0 Å². The minimum atomic E-state index is -3.75. The summed E-state index contributed by atoms with van der Waals surface area (Å²) in [5.41, 5.74) is 0.579. The van der Waals surface area contributed by atoms with E-state index >= 15 is 0 Å². The van der Waals surface area contributed by atoms with Gasteiger partial charge in [-0.1, -0.05) is 29.8 Å². The Balaban J connectivity index is 2.38. The van der Waals surface area contributed by atoms with Crippen LogP contribution in [0.1, 0.15) is 5.56 Å². The monoisotopic (exact) mass is 315 g/mol. The second-order valence-electron chi connectivity index (χ2n) is 4.60. The number of aliphatic carboxylic acids is 1. The van der Waals surface area contributed by atoms with Crippen molar-refractivity contribution in [2.45, 2.75) is 11.8 Å². The van der Waals surface area contributed by atoms with Crippen molar-refractivity contribution in [1.82, 2.24) is 4.31 Å². The third-order valence-corrected chi connectivity index (χ3v) is 5.37. The van der Waals surface area contributed by atoms with Crippen LogP contribution in [0, 0.1) is 12.8 Å². The zero-order chi connectivity index (χ0) is 14.9. The number of carbonyl (C=O) groups is 1.